The van der Waals surface area contributed by atoms with Crippen molar-refractivity contribution in [3.63, 3.8) is 0 Å². The minimum absolute atomic E-state index is 0.0299. The van der Waals surface area contributed by atoms with E-state index in [4.69, 9.17) is 25.8 Å². The largest absolute Gasteiger partial charge is 0.480 e. The normalized spacial score (nSPS) is 12.5. The smallest absolute Gasteiger partial charge is 0.412 e. The van der Waals surface area contributed by atoms with E-state index in [1.165, 1.54) is 6.07 Å². The van der Waals surface area contributed by atoms with Crippen LogP contribution in [0.5, 0.6) is 17.2 Å². The molecule has 0 spiro atoms. The molecule has 180 valence electrons. The fraction of sp³-hybridized carbons (Fsp3) is 0.160. The SMILES string of the molecule is O=C(NCc1ccc2c(c1)OCO2)Oc1ccc(C[C@H](NC(=O)c2ccccc2Cl)C(=O)O)cc1. The minimum atomic E-state index is -1.19. The number of carboxylic acids is 1. The highest BCUT2D eigenvalue weighted by Crippen LogP contribution is 2.32. The van der Waals surface area contributed by atoms with Crippen LogP contribution in [0.25, 0.3) is 0 Å². The minimum Gasteiger partial charge on any atom is -0.480 e. The molecule has 9 nitrogen and oxygen atoms in total. The lowest BCUT2D eigenvalue weighted by atomic mass is 10.1. The second-order valence-electron chi connectivity index (χ2n) is 7.62. The Balaban J connectivity index is 1.30. The van der Waals surface area contributed by atoms with Crippen LogP contribution in [0.15, 0.2) is 66.7 Å². The van der Waals surface area contributed by atoms with Gasteiger partial charge in [-0.25, -0.2) is 9.59 Å². The second-order valence-corrected chi connectivity index (χ2v) is 8.03. The number of hydrogen-bond acceptors (Lipinski definition) is 6. The first kappa shape index (κ1) is 23.9. The number of benzene rings is 3. The Morgan fingerprint density at radius 1 is 0.971 bits per heavy atom. The van der Waals surface area contributed by atoms with Gasteiger partial charge in [0.2, 0.25) is 6.79 Å². The van der Waals surface area contributed by atoms with Gasteiger partial charge in [0.25, 0.3) is 5.91 Å². The van der Waals surface area contributed by atoms with Crippen LogP contribution in [0.3, 0.4) is 0 Å². The zero-order chi connectivity index (χ0) is 24.8. The van der Waals surface area contributed by atoms with Crippen molar-refractivity contribution in [1.29, 1.82) is 0 Å². The van der Waals surface area contributed by atoms with E-state index in [1.807, 2.05) is 6.07 Å². The van der Waals surface area contributed by atoms with Crippen LogP contribution in [-0.2, 0) is 17.8 Å². The van der Waals surface area contributed by atoms with Gasteiger partial charge in [-0.3, -0.25) is 4.79 Å². The Morgan fingerprint density at radius 3 is 2.43 bits per heavy atom. The number of rotatable bonds is 8. The van der Waals surface area contributed by atoms with Crippen molar-refractivity contribution in [1.82, 2.24) is 10.6 Å². The summed E-state index contributed by atoms with van der Waals surface area (Å²) in [7, 11) is 0. The molecule has 0 radical (unpaired) electrons. The zero-order valence-corrected chi connectivity index (χ0v) is 19.1. The van der Waals surface area contributed by atoms with E-state index in [1.54, 1.807) is 54.6 Å². The summed E-state index contributed by atoms with van der Waals surface area (Å²) in [5, 5.41) is 14.9. The molecule has 0 saturated carbocycles. The Kier molecular flexibility index (Phi) is 7.37. The molecular formula is C25H21ClN2O7. The van der Waals surface area contributed by atoms with Gasteiger partial charge in [0.05, 0.1) is 10.6 Å². The van der Waals surface area contributed by atoms with Gasteiger partial charge in [-0.1, -0.05) is 41.9 Å². The maximum atomic E-state index is 12.4. The lowest BCUT2D eigenvalue weighted by molar-refractivity contribution is -0.139. The number of fused-ring (bicyclic) bond motifs is 1. The van der Waals surface area contributed by atoms with Crippen molar-refractivity contribution in [2.24, 2.45) is 0 Å². The van der Waals surface area contributed by atoms with Crippen LogP contribution in [0.1, 0.15) is 21.5 Å². The Morgan fingerprint density at radius 2 is 1.69 bits per heavy atom. The Labute approximate surface area is 205 Å². The van der Waals surface area contributed by atoms with Gasteiger partial charge in [0.1, 0.15) is 11.8 Å². The molecule has 3 aromatic carbocycles. The topological polar surface area (TPSA) is 123 Å². The number of ether oxygens (including phenoxy) is 3. The average molecular weight is 497 g/mol. The van der Waals surface area contributed by atoms with Gasteiger partial charge < -0.3 is 30.0 Å². The van der Waals surface area contributed by atoms with Crippen molar-refractivity contribution in [2.75, 3.05) is 6.79 Å². The van der Waals surface area contributed by atoms with Gasteiger partial charge in [0, 0.05) is 13.0 Å². The number of amides is 2. The number of carboxylic acid groups (broad SMARTS) is 1. The molecule has 1 atom stereocenters. The van der Waals surface area contributed by atoms with Crippen molar-refractivity contribution in [3.8, 4) is 17.2 Å². The fourth-order valence-corrected chi connectivity index (χ4v) is 3.60. The first-order valence-corrected chi connectivity index (χ1v) is 11.0. The lowest BCUT2D eigenvalue weighted by Crippen LogP contribution is -2.42. The lowest BCUT2D eigenvalue weighted by Gasteiger charge is -2.15. The summed E-state index contributed by atoms with van der Waals surface area (Å²) in [5.74, 6) is -0.208. The van der Waals surface area contributed by atoms with E-state index >= 15 is 0 Å². The fourth-order valence-electron chi connectivity index (χ4n) is 3.38. The molecule has 3 aromatic rings. The summed E-state index contributed by atoms with van der Waals surface area (Å²) in [5.41, 5.74) is 1.64. The molecular weight excluding hydrogens is 476 g/mol. The van der Waals surface area contributed by atoms with Crippen molar-refractivity contribution in [2.45, 2.75) is 19.0 Å². The third-order valence-electron chi connectivity index (χ3n) is 5.17. The molecule has 0 unspecified atom stereocenters. The van der Waals surface area contributed by atoms with Gasteiger partial charge in [-0.2, -0.15) is 0 Å². The number of nitrogens with one attached hydrogen (secondary N) is 2. The summed E-state index contributed by atoms with van der Waals surface area (Å²) in [6.45, 7) is 0.407. The van der Waals surface area contributed by atoms with E-state index in [0.29, 0.717) is 17.1 Å². The van der Waals surface area contributed by atoms with E-state index in [0.717, 1.165) is 5.56 Å². The standard InChI is InChI=1S/C25H21ClN2O7/c26-19-4-2-1-3-18(19)23(29)28-20(24(30)31)11-15-5-8-17(9-6-15)35-25(32)27-13-16-7-10-21-22(12-16)34-14-33-21/h1-10,12,20H,11,13-14H2,(H,27,32)(H,28,29)(H,30,31)/t20-/m0/s1. The average Bonchev–Trinajstić information content (AvgIpc) is 3.31. The monoisotopic (exact) mass is 496 g/mol. The second kappa shape index (κ2) is 10.8. The summed E-state index contributed by atoms with van der Waals surface area (Å²) < 4.78 is 15.8. The molecule has 3 N–H and O–H groups in total. The predicted molar refractivity (Wildman–Crippen MR) is 126 cm³/mol. The summed E-state index contributed by atoms with van der Waals surface area (Å²) in [6, 6.07) is 16.9. The van der Waals surface area contributed by atoms with Crippen LogP contribution in [0.2, 0.25) is 5.02 Å². The Hall–Kier alpha value is -4.24. The molecule has 1 aliphatic rings. The van der Waals surface area contributed by atoms with Crippen LogP contribution in [-0.4, -0.2) is 35.9 Å². The van der Waals surface area contributed by atoms with Gasteiger partial charge >= 0.3 is 12.1 Å². The van der Waals surface area contributed by atoms with Crippen LogP contribution in [0, 0.1) is 0 Å². The van der Waals surface area contributed by atoms with Crippen LogP contribution >= 0.6 is 11.6 Å². The number of halogens is 1. The quantitative estimate of drug-likeness (QED) is 0.433. The van der Waals surface area contributed by atoms with Crippen molar-refractivity contribution >= 4 is 29.6 Å². The molecule has 1 heterocycles. The van der Waals surface area contributed by atoms with Gasteiger partial charge in [-0.15, -0.1) is 0 Å². The number of carbonyl (C=O) groups is 3. The molecule has 1 aliphatic heterocycles. The number of aliphatic carboxylic acids is 1. The molecule has 0 aromatic heterocycles. The first-order valence-electron chi connectivity index (χ1n) is 10.6. The van der Waals surface area contributed by atoms with Crippen LogP contribution in [0.4, 0.5) is 4.79 Å². The molecule has 0 fully saturated rings. The van der Waals surface area contributed by atoms with Crippen LogP contribution < -0.4 is 24.8 Å². The van der Waals surface area contributed by atoms with E-state index in [2.05, 4.69) is 10.6 Å². The molecule has 10 heteroatoms. The molecule has 2 amide bonds. The number of hydrogen-bond donors (Lipinski definition) is 3. The predicted octanol–water partition coefficient (Wildman–Crippen LogP) is 3.78. The maximum absolute atomic E-state index is 12.4. The van der Waals surface area contributed by atoms with E-state index < -0.39 is 24.0 Å². The molecule has 0 aliphatic carbocycles. The van der Waals surface area contributed by atoms with Crippen molar-refractivity contribution in [3.05, 3.63) is 88.4 Å². The highest BCUT2D eigenvalue weighted by molar-refractivity contribution is 6.33. The van der Waals surface area contributed by atoms with Crippen molar-refractivity contribution < 1.29 is 33.7 Å². The third kappa shape index (κ3) is 6.21. The third-order valence-corrected chi connectivity index (χ3v) is 5.50. The molecule has 0 saturated heterocycles. The van der Waals surface area contributed by atoms with Gasteiger partial charge in [-0.05, 0) is 47.5 Å². The maximum Gasteiger partial charge on any atom is 0.412 e. The van der Waals surface area contributed by atoms with E-state index in [-0.39, 0.29) is 36.1 Å². The summed E-state index contributed by atoms with van der Waals surface area (Å²) in [4.78, 5) is 36.2. The highest BCUT2D eigenvalue weighted by Gasteiger charge is 2.22. The highest BCUT2D eigenvalue weighted by atomic mass is 35.5. The number of carbonyl (C=O) groups excluding carboxylic acids is 2. The Bertz CT molecular complexity index is 1250. The first-order chi connectivity index (χ1) is 16.9. The summed E-state index contributed by atoms with van der Waals surface area (Å²) >= 11 is 6.02. The molecule has 4 rings (SSSR count). The molecule has 35 heavy (non-hydrogen) atoms. The van der Waals surface area contributed by atoms with E-state index in [9.17, 15) is 19.5 Å². The zero-order valence-electron chi connectivity index (χ0n) is 18.3. The van der Waals surface area contributed by atoms with Gasteiger partial charge in [0.15, 0.2) is 11.5 Å². The molecule has 0 bridgehead atoms. The summed E-state index contributed by atoms with van der Waals surface area (Å²) in [6.07, 6.45) is -0.617.